The number of rotatable bonds is 6. The molecule has 1 unspecified atom stereocenters. The van der Waals surface area contributed by atoms with E-state index in [-0.39, 0.29) is 6.04 Å². The van der Waals surface area contributed by atoms with Gasteiger partial charge >= 0.3 is 0 Å². The Balaban J connectivity index is 2.35. The van der Waals surface area contributed by atoms with Gasteiger partial charge in [0.2, 0.25) is 0 Å². The highest BCUT2D eigenvalue weighted by Crippen LogP contribution is 2.26. The summed E-state index contributed by atoms with van der Waals surface area (Å²) in [5.74, 6) is -0.104. The highest BCUT2D eigenvalue weighted by Gasteiger charge is 2.17. The first-order chi connectivity index (χ1) is 10.2. The molecular formula is C17H19F2NO. The summed E-state index contributed by atoms with van der Waals surface area (Å²) in [6.07, 6.45) is 0. The van der Waals surface area contributed by atoms with Gasteiger partial charge in [0, 0.05) is 5.56 Å². The smallest absolute Gasteiger partial charge is 0.128 e. The Bertz CT molecular complexity index is 584. The summed E-state index contributed by atoms with van der Waals surface area (Å²) < 4.78 is 32.8. The first-order valence-electron chi connectivity index (χ1n) is 7.06. The van der Waals surface area contributed by atoms with Gasteiger partial charge in [-0.25, -0.2) is 8.78 Å². The highest BCUT2D eigenvalue weighted by molar-refractivity contribution is 5.36. The molecule has 1 atom stereocenters. The first kappa shape index (κ1) is 15.4. The Morgan fingerprint density at radius 3 is 2.38 bits per heavy atom. The second-order valence-corrected chi connectivity index (χ2v) is 4.66. The second-order valence-electron chi connectivity index (χ2n) is 4.66. The average Bonchev–Trinajstić information content (AvgIpc) is 2.49. The van der Waals surface area contributed by atoms with Crippen LogP contribution in [0, 0.1) is 11.6 Å². The van der Waals surface area contributed by atoms with E-state index in [2.05, 4.69) is 5.32 Å². The van der Waals surface area contributed by atoms with Crippen molar-refractivity contribution in [3.8, 4) is 5.75 Å². The fourth-order valence-electron chi connectivity index (χ4n) is 2.27. The largest absolute Gasteiger partial charge is 0.494 e. The second kappa shape index (κ2) is 7.18. The minimum absolute atomic E-state index is 0.306. The Kier molecular flexibility index (Phi) is 5.28. The third kappa shape index (κ3) is 3.79. The Labute approximate surface area is 123 Å². The Hall–Kier alpha value is -1.94. The van der Waals surface area contributed by atoms with Crippen molar-refractivity contribution in [3.63, 3.8) is 0 Å². The molecule has 2 nitrogen and oxygen atoms in total. The number of hydrogen-bond donors (Lipinski definition) is 1. The normalized spacial score (nSPS) is 12.2. The van der Waals surface area contributed by atoms with Crippen LogP contribution in [0.15, 0.2) is 42.5 Å². The molecule has 0 saturated carbocycles. The molecular weight excluding hydrogens is 272 g/mol. The Morgan fingerprint density at radius 1 is 1.05 bits per heavy atom. The summed E-state index contributed by atoms with van der Waals surface area (Å²) >= 11 is 0. The van der Waals surface area contributed by atoms with Crippen LogP contribution >= 0.6 is 0 Å². The molecule has 0 heterocycles. The van der Waals surface area contributed by atoms with Crippen molar-refractivity contribution in [2.75, 3.05) is 13.2 Å². The maximum atomic E-state index is 14.0. The summed E-state index contributed by atoms with van der Waals surface area (Å²) in [6, 6.07) is 10.5. The molecule has 0 aromatic heterocycles. The van der Waals surface area contributed by atoms with Crippen molar-refractivity contribution in [3.05, 3.63) is 65.2 Å². The lowest BCUT2D eigenvalue weighted by Gasteiger charge is -2.20. The zero-order chi connectivity index (χ0) is 15.2. The van der Waals surface area contributed by atoms with Crippen molar-refractivity contribution in [2.45, 2.75) is 19.9 Å². The molecule has 21 heavy (non-hydrogen) atoms. The van der Waals surface area contributed by atoms with E-state index in [9.17, 15) is 8.78 Å². The molecule has 112 valence electrons. The fraction of sp³-hybridized carbons (Fsp3) is 0.294. The zero-order valence-electron chi connectivity index (χ0n) is 12.2. The number of hydrogen-bond acceptors (Lipinski definition) is 2. The van der Waals surface area contributed by atoms with Crippen molar-refractivity contribution in [2.24, 2.45) is 0 Å². The van der Waals surface area contributed by atoms with Gasteiger partial charge in [-0.05, 0) is 49.4 Å². The van der Waals surface area contributed by atoms with Gasteiger partial charge < -0.3 is 10.1 Å². The van der Waals surface area contributed by atoms with Crippen LogP contribution in [0.2, 0.25) is 0 Å². The topological polar surface area (TPSA) is 21.3 Å². The molecule has 0 saturated heterocycles. The molecule has 2 rings (SSSR count). The third-order valence-corrected chi connectivity index (χ3v) is 3.20. The summed E-state index contributed by atoms with van der Waals surface area (Å²) in [5.41, 5.74) is 1.17. The van der Waals surface area contributed by atoms with Crippen LogP contribution in [-0.4, -0.2) is 13.2 Å². The summed E-state index contributed by atoms with van der Waals surface area (Å²) in [4.78, 5) is 0. The van der Waals surface area contributed by atoms with E-state index < -0.39 is 11.6 Å². The molecule has 0 fully saturated rings. The first-order valence-corrected chi connectivity index (χ1v) is 7.06. The maximum absolute atomic E-state index is 14.0. The number of nitrogens with one attached hydrogen (secondary N) is 1. The molecule has 2 aromatic rings. The number of halogens is 2. The van der Waals surface area contributed by atoms with Crippen LogP contribution < -0.4 is 10.1 Å². The quantitative estimate of drug-likeness (QED) is 0.866. The van der Waals surface area contributed by atoms with Gasteiger partial charge in [0.1, 0.15) is 17.4 Å². The predicted molar refractivity (Wildman–Crippen MR) is 79.5 cm³/mol. The monoisotopic (exact) mass is 291 g/mol. The van der Waals surface area contributed by atoms with Crippen LogP contribution in [0.25, 0.3) is 0 Å². The predicted octanol–water partition coefficient (Wildman–Crippen LogP) is 4.06. The maximum Gasteiger partial charge on any atom is 0.128 e. The van der Waals surface area contributed by atoms with E-state index in [1.807, 2.05) is 38.1 Å². The molecule has 0 aliphatic rings. The zero-order valence-corrected chi connectivity index (χ0v) is 12.2. The highest BCUT2D eigenvalue weighted by atomic mass is 19.1. The van der Waals surface area contributed by atoms with E-state index >= 15 is 0 Å². The lowest BCUT2D eigenvalue weighted by Crippen LogP contribution is -2.23. The minimum atomic E-state index is -0.444. The van der Waals surface area contributed by atoms with E-state index in [1.54, 1.807) is 0 Å². The molecule has 0 amide bonds. The van der Waals surface area contributed by atoms with Gasteiger partial charge in [-0.15, -0.1) is 0 Å². The lowest BCUT2D eigenvalue weighted by atomic mass is 9.98. The molecule has 4 heteroatoms. The van der Waals surface area contributed by atoms with Gasteiger partial charge in [0.15, 0.2) is 0 Å². The van der Waals surface area contributed by atoms with Crippen LogP contribution in [0.4, 0.5) is 8.78 Å². The van der Waals surface area contributed by atoms with E-state index in [0.29, 0.717) is 18.7 Å². The van der Waals surface area contributed by atoms with Crippen molar-refractivity contribution < 1.29 is 13.5 Å². The van der Waals surface area contributed by atoms with Gasteiger partial charge in [-0.2, -0.15) is 0 Å². The molecule has 0 radical (unpaired) electrons. The van der Waals surface area contributed by atoms with Crippen molar-refractivity contribution in [1.82, 2.24) is 5.32 Å². The molecule has 2 aromatic carbocycles. The number of benzene rings is 2. The van der Waals surface area contributed by atoms with Crippen LogP contribution in [0.5, 0.6) is 5.75 Å². The van der Waals surface area contributed by atoms with E-state index in [4.69, 9.17) is 4.74 Å². The number of ether oxygens (including phenoxy) is 1. The summed E-state index contributed by atoms with van der Waals surface area (Å²) in [6.45, 7) is 5.08. The van der Waals surface area contributed by atoms with Gasteiger partial charge in [-0.3, -0.25) is 0 Å². The molecule has 0 aliphatic heterocycles. The minimum Gasteiger partial charge on any atom is -0.494 e. The van der Waals surface area contributed by atoms with Crippen molar-refractivity contribution >= 4 is 0 Å². The lowest BCUT2D eigenvalue weighted by molar-refractivity contribution is 0.340. The van der Waals surface area contributed by atoms with Gasteiger partial charge in [0.05, 0.1) is 12.6 Å². The van der Waals surface area contributed by atoms with E-state index in [1.165, 1.54) is 6.07 Å². The summed E-state index contributed by atoms with van der Waals surface area (Å²) in [5, 5.41) is 3.19. The summed E-state index contributed by atoms with van der Waals surface area (Å²) in [7, 11) is 0. The van der Waals surface area contributed by atoms with E-state index in [0.717, 1.165) is 23.4 Å². The third-order valence-electron chi connectivity index (χ3n) is 3.20. The van der Waals surface area contributed by atoms with Gasteiger partial charge in [-0.1, -0.05) is 19.1 Å². The van der Waals surface area contributed by atoms with Crippen LogP contribution in [-0.2, 0) is 0 Å². The molecule has 0 aliphatic carbocycles. The average molecular weight is 291 g/mol. The molecule has 1 N–H and O–H groups in total. The standard InChI is InChI=1S/C17H19F2NO/c1-3-20-17(15-11-13(18)7-10-16(15)19)12-5-8-14(9-6-12)21-4-2/h5-11,17,20H,3-4H2,1-2H3. The van der Waals surface area contributed by atoms with Gasteiger partial charge in [0.25, 0.3) is 0 Å². The van der Waals surface area contributed by atoms with Crippen LogP contribution in [0.3, 0.4) is 0 Å². The molecule has 0 spiro atoms. The Morgan fingerprint density at radius 2 is 1.76 bits per heavy atom. The SMILES string of the molecule is CCNC(c1ccc(OCC)cc1)c1cc(F)ccc1F. The molecule has 0 bridgehead atoms. The van der Waals surface area contributed by atoms with Crippen molar-refractivity contribution in [1.29, 1.82) is 0 Å². The van der Waals surface area contributed by atoms with Crippen LogP contribution in [0.1, 0.15) is 31.0 Å². The fourth-order valence-corrected chi connectivity index (χ4v) is 2.27.